The summed E-state index contributed by atoms with van der Waals surface area (Å²) in [5, 5.41) is 17.0. The molecule has 0 heterocycles. The number of rotatable bonds is 11. The molecule has 10 heteroatoms. The van der Waals surface area contributed by atoms with Crippen LogP contribution < -0.4 is 27.2 Å². The average Bonchev–Trinajstić information content (AvgIpc) is 2.86. The number of hydrogen-bond donors (Lipinski definition) is 6. The molecule has 0 aliphatic carbocycles. The van der Waals surface area contributed by atoms with E-state index < -0.39 is 17.9 Å². The van der Waals surface area contributed by atoms with E-state index in [4.69, 9.17) is 15.7 Å². The Morgan fingerprint density at radius 1 is 1.03 bits per heavy atom. The number of hydrogen-bond acceptors (Lipinski definition) is 7. The second kappa shape index (κ2) is 16.0. The number of carbonyl (C=O) groups is 3. The van der Waals surface area contributed by atoms with Gasteiger partial charge in [0, 0.05) is 42.6 Å². The minimum atomic E-state index is -1.04. The normalized spacial score (nSPS) is 10.7. The summed E-state index contributed by atoms with van der Waals surface area (Å²) in [5.74, 6) is 4.61. The number of benzene rings is 2. The van der Waals surface area contributed by atoms with Gasteiger partial charge in [0.15, 0.2) is 0 Å². The summed E-state index contributed by atoms with van der Waals surface area (Å²) in [5.41, 5.74) is 9.34. The second-order valence-corrected chi connectivity index (χ2v) is 7.21. The fourth-order valence-corrected chi connectivity index (χ4v) is 2.79. The van der Waals surface area contributed by atoms with Gasteiger partial charge >= 0.3 is 0 Å². The van der Waals surface area contributed by atoms with Crippen molar-refractivity contribution >= 4 is 23.4 Å². The predicted molar refractivity (Wildman–Crippen MR) is 134 cm³/mol. The Morgan fingerprint density at radius 2 is 1.63 bits per heavy atom. The highest BCUT2D eigenvalue weighted by molar-refractivity contribution is 5.97. The van der Waals surface area contributed by atoms with Gasteiger partial charge in [0.1, 0.15) is 6.04 Å². The van der Waals surface area contributed by atoms with E-state index in [0.29, 0.717) is 30.0 Å². The quantitative estimate of drug-likeness (QED) is 0.120. The van der Waals surface area contributed by atoms with Gasteiger partial charge in [-0.2, -0.15) is 0 Å². The van der Waals surface area contributed by atoms with Gasteiger partial charge in [-0.15, -0.1) is 0 Å². The zero-order chi connectivity index (χ0) is 24.8. The maximum absolute atomic E-state index is 12.2. The standard InChI is InChI=1S/C24H29N5O5.CH4/c1-34-14-2-13-26-16-22(30)27-20-11-7-18(8-12-20)4-3-17-5-9-19(10-6-17)23(31)28-21(15-25)24(32)29-33;/h5-12,21,26,33H,2,13-16,25H2,1H3,(H,27,30)(H,28,31)(H,29,32);1H4/t21-;/m0./s1. The minimum Gasteiger partial charge on any atom is -0.385 e. The Bertz CT molecular complexity index is 1010. The highest BCUT2D eigenvalue weighted by atomic mass is 16.5. The smallest absolute Gasteiger partial charge is 0.267 e. The molecule has 0 aliphatic heterocycles. The number of nitrogens with one attached hydrogen (secondary N) is 4. The van der Waals surface area contributed by atoms with Crippen LogP contribution in [-0.2, 0) is 14.3 Å². The minimum absolute atomic E-state index is 0. The van der Waals surface area contributed by atoms with Crippen LogP contribution in [0.3, 0.4) is 0 Å². The van der Waals surface area contributed by atoms with Crippen molar-refractivity contribution in [2.45, 2.75) is 19.9 Å². The molecule has 0 bridgehead atoms. The molecular formula is C25H33N5O5. The Hall–Kier alpha value is -3.75. The first-order valence-electron chi connectivity index (χ1n) is 10.6. The Labute approximate surface area is 205 Å². The molecule has 1 atom stereocenters. The molecule has 35 heavy (non-hydrogen) atoms. The lowest BCUT2D eigenvalue weighted by Gasteiger charge is -2.14. The molecule has 2 aromatic carbocycles. The summed E-state index contributed by atoms with van der Waals surface area (Å²) < 4.78 is 4.95. The molecule has 0 saturated carbocycles. The molecular weight excluding hydrogens is 450 g/mol. The maximum Gasteiger partial charge on any atom is 0.267 e. The summed E-state index contributed by atoms with van der Waals surface area (Å²) in [6, 6.07) is 12.6. The molecule has 0 fully saturated rings. The summed E-state index contributed by atoms with van der Waals surface area (Å²) in [6.45, 7) is 1.42. The maximum atomic E-state index is 12.2. The van der Waals surface area contributed by atoms with E-state index in [1.54, 1.807) is 55.6 Å². The zero-order valence-electron chi connectivity index (χ0n) is 18.9. The molecule has 10 nitrogen and oxygen atoms in total. The van der Waals surface area contributed by atoms with Crippen molar-refractivity contribution in [3.8, 4) is 11.8 Å². The van der Waals surface area contributed by atoms with E-state index in [-0.39, 0.29) is 26.4 Å². The van der Waals surface area contributed by atoms with Crippen LogP contribution in [0.25, 0.3) is 0 Å². The summed E-state index contributed by atoms with van der Waals surface area (Å²) in [4.78, 5) is 35.6. The van der Waals surface area contributed by atoms with E-state index in [2.05, 4.69) is 27.8 Å². The largest absolute Gasteiger partial charge is 0.385 e. The van der Waals surface area contributed by atoms with Crippen molar-refractivity contribution < 1.29 is 24.3 Å². The van der Waals surface area contributed by atoms with E-state index in [9.17, 15) is 14.4 Å². The molecule has 3 amide bonds. The molecule has 2 aromatic rings. The lowest BCUT2D eigenvalue weighted by molar-refractivity contribution is -0.130. The summed E-state index contributed by atoms with van der Waals surface area (Å²) in [7, 11) is 1.64. The lowest BCUT2D eigenvalue weighted by atomic mass is 10.1. The number of carbonyl (C=O) groups excluding carboxylic acids is 3. The number of amides is 3. The van der Waals surface area contributed by atoms with Crippen LogP contribution in [0.1, 0.15) is 35.3 Å². The Balaban J connectivity index is 0.00000612. The first kappa shape index (κ1) is 29.3. The van der Waals surface area contributed by atoms with Crippen LogP contribution >= 0.6 is 0 Å². The second-order valence-electron chi connectivity index (χ2n) is 7.21. The van der Waals surface area contributed by atoms with Crippen molar-refractivity contribution in [2.75, 3.05) is 38.7 Å². The van der Waals surface area contributed by atoms with Crippen molar-refractivity contribution in [3.63, 3.8) is 0 Å². The zero-order valence-corrected chi connectivity index (χ0v) is 18.9. The molecule has 2 rings (SSSR count). The van der Waals surface area contributed by atoms with Crippen molar-refractivity contribution in [3.05, 3.63) is 65.2 Å². The van der Waals surface area contributed by atoms with Gasteiger partial charge in [0.2, 0.25) is 5.91 Å². The van der Waals surface area contributed by atoms with E-state index in [1.165, 1.54) is 5.48 Å². The fourth-order valence-electron chi connectivity index (χ4n) is 2.79. The molecule has 0 spiro atoms. The monoisotopic (exact) mass is 483 g/mol. The van der Waals surface area contributed by atoms with Gasteiger partial charge in [-0.25, -0.2) is 5.48 Å². The van der Waals surface area contributed by atoms with Gasteiger partial charge in [-0.05, 0) is 61.5 Å². The van der Waals surface area contributed by atoms with Gasteiger partial charge in [0.05, 0.1) is 6.54 Å². The SMILES string of the molecule is C.COCCCNCC(=O)Nc1ccc(C#Cc2ccc(C(=O)N[C@@H](CN)C(=O)NO)cc2)cc1. The van der Waals surface area contributed by atoms with Crippen LogP contribution in [-0.4, -0.2) is 62.3 Å². The molecule has 188 valence electrons. The van der Waals surface area contributed by atoms with Gasteiger partial charge in [0.25, 0.3) is 11.8 Å². The molecule has 0 radical (unpaired) electrons. The highest BCUT2D eigenvalue weighted by Crippen LogP contribution is 2.09. The first-order valence-corrected chi connectivity index (χ1v) is 10.6. The summed E-state index contributed by atoms with van der Waals surface area (Å²) in [6.07, 6.45) is 0.838. The number of ether oxygens (including phenoxy) is 1. The van der Waals surface area contributed by atoms with Gasteiger partial charge in [-0.3, -0.25) is 19.6 Å². The van der Waals surface area contributed by atoms with Crippen LogP contribution in [0.2, 0.25) is 0 Å². The lowest BCUT2D eigenvalue weighted by Crippen LogP contribution is -2.50. The summed E-state index contributed by atoms with van der Waals surface area (Å²) >= 11 is 0. The van der Waals surface area contributed by atoms with Crippen LogP contribution in [0.4, 0.5) is 5.69 Å². The number of nitrogens with two attached hydrogens (primary N) is 1. The molecule has 0 aromatic heterocycles. The van der Waals surface area contributed by atoms with Crippen LogP contribution in [0.15, 0.2) is 48.5 Å². The predicted octanol–water partition coefficient (Wildman–Crippen LogP) is 0.850. The van der Waals surface area contributed by atoms with Gasteiger partial charge < -0.3 is 26.4 Å². The third-order valence-corrected chi connectivity index (χ3v) is 4.62. The van der Waals surface area contributed by atoms with Gasteiger partial charge in [-0.1, -0.05) is 19.3 Å². The fraction of sp³-hybridized carbons (Fsp3) is 0.320. The Morgan fingerprint density at radius 3 is 2.17 bits per heavy atom. The number of hydroxylamine groups is 1. The van der Waals surface area contributed by atoms with E-state index >= 15 is 0 Å². The topological polar surface area (TPSA) is 155 Å². The van der Waals surface area contributed by atoms with E-state index in [1.807, 2.05) is 0 Å². The van der Waals surface area contributed by atoms with Crippen LogP contribution in [0.5, 0.6) is 0 Å². The molecule has 0 unspecified atom stereocenters. The highest BCUT2D eigenvalue weighted by Gasteiger charge is 2.19. The molecule has 7 N–H and O–H groups in total. The number of methoxy groups -OCH3 is 1. The average molecular weight is 484 g/mol. The van der Waals surface area contributed by atoms with Crippen molar-refractivity contribution in [2.24, 2.45) is 5.73 Å². The van der Waals surface area contributed by atoms with E-state index in [0.717, 1.165) is 12.0 Å². The molecule has 0 saturated heterocycles. The third kappa shape index (κ3) is 10.4. The molecule has 0 aliphatic rings. The van der Waals surface area contributed by atoms with Crippen molar-refractivity contribution in [1.29, 1.82) is 0 Å². The third-order valence-electron chi connectivity index (χ3n) is 4.62. The van der Waals surface area contributed by atoms with Crippen molar-refractivity contribution in [1.82, 2.24) is 16.1 Å². The van der Waals surface area contributed by atoms with Crippen LogP contribution in [0, 0.1) is 11.8 Å². The number of anilines is 1. The Kier molecular flexibility index (Phi) is 13.4. The first-order chi connectivity index (χ1) is 16.5.